The van der Waals surface area contributed by atoms with Crippen LogP contribution in [-0.2, 0) is 0 Å². The van der Waals surface area contributed by atoms with E-state index < -0.39 is 0 Å². The van der Waals surface area contributed by atoms with Crippen LogP contribution in [0.1, 0.15) is 20.8 Å². The molecule has 0 bridgehead atoms. The van der Waals surface area contributed by atoms with Gasteiger partial charge in [-0.15, -0.1) is 0 Å². The lowest BCUT2D eigenvalue weighted by molar-refractivity contribution is 0.0957. The number of fused-ring (bicyclic) bond motifs is 1. The first kappa shape index (κ1) is 19.7. The second kappa shape index (κ2) is 8.38. The average molecular weight is 465 g/mol. The zero-order chi connectivity index (χ0) is 21.1. The number of nitrogens with zero attached hydrogens (tertiary/aromatic N) is 1. The largest absolute Gasteiger partial charge is 0.457 e. The Kier molecular flexibility index (Phi) is 5.49. The van der Waals surface area contributed by atoms with Gasteiger partial charge in [0.05, 0.1) is 5.56 Å². The van der Waals surface area contributed by atoms with Crippen molar-refractivity contribution in [2.45, 2.75) is 0 Å². The summed E-state index contributed by atoms with van der Waals surface area (Å²) in [5.74, 6) is 0.558. The van der Waals surface area contributed by atoms with Gasteiger partial charge in [0.25, 0.3) is 11.8 Å². The van der Waals surface area contributed by atoms with Crippen molar-refractivity contribution in [1.29, 1.82) is 0 Å². The third-order valence-corrected chi connectivity index (χ3v) is 4.92. The number of hydrogen-bond donors (Lipinski definition) is 3. The molecule has 0 aliphatic rings. The molecule has 0 saturated carbocycles. The van der Waals surface area contributed by atoms with Crippen molar-refractivity contribution in [3.05, 3.63) is 82.7 Å². The van der Waals surface area contributed by atoms with Gasteiger partial charge in [0.15, 0.2) is 0 Å². The summed E-state index contributed by atoms with van der Waals surface area (Å²) in [4.78, 5) is 31.5. The third kappa shape index (κ3) is 4.18. The number of pyridine rings is 1. The van der Waals surface area contributed by atoms with Crippen molar-refractivity contribution in [3.63, 3.8) is 0 Å². The number of amides is 2. The van der Waals surface area contributed by atoms with Crippen LogP contribution in [0.4, 0.5) is 5.69 Å². The van der Waals surface area contributed by atoms with Gasteiger partial charge in [0, 0.05) is 46.6 Å². The van der Waals surface area contributed by atoms with Gasteiger partial charge in [-0.1, -0.05) is 15.9 Å². The third-order valence-electron chi connectivity index (χ3n) is 4.43. The lowest BCUT2D eigenvalue weighted by atomic mass is 10.1. The number of aromatic nitrogens is 2. The second-order valence-corrected chi connectivity index (χ2v) is 7.34. The second-order valence-electron chi connectivity index (χ2n) is 6.43. The lowest BCUT2D eigenvalue weighted by Crippen LogP contribution is -2.18. The molecule has 4 rings (SSSR count). The summed E-state index contributed by atoms with van der Waals surface area (Å²) in [6.45, 7) is 0. The molecule has 8 heteroatoms. The Bertz CT molecular complexity index is 1230. The van der Waals surface area contributed by atoms with Crippen LogP contribution in [0.3, 0.4) is 0 Å². The maximum atomic E-state index is 12.7. The highest BCUT2D eigenvalue weighted by atomic mass is 79.9. The summed E-state index contributed by atoms with van der Waals surface area (Å²) in [7, 11) is 1.54. The molecule has 0 saturated heterocycles. The molecule has 0 atom stereocenters. The van der Waals surface area contributed by atoms with E-state index in [-0.39, 0.29) is 17.5 Å². The minimum atomic E-state index is -0.289. The molecule has 2 aromatic carbocycles. The molecule has 0 radical (unpaired) electrons. The molecule has 0 aliphatic carbocycles. The highest BCUT2D eigenvalue weighted by molar-refractivity contribution is 9.10. The number of benzene rings is 2. The summed E-state index contributed by atoms with van der Waals surface area (Å²) in [5.41, 5.74) is 2.35. The monoisotopic (exact) mass is 464 g/mol. The molecule has 150 valence electrons. The number of hydrogen-bond acceptors (Lipinski definition) is 4. The minimum Gasteiger partial charge on any atom is -0.457 e. The Morgan fingerprint density at radius 2 is 1.80 bits per heavy atom. The van der Waals surface area contributed by atoms with Crippen molar-refractivity contribution in [1.82, 2.24) is 15.3 Å². The predicted octanol–water partition coefficient (Wildman–Crippen LogP) is 4.73. The Balaban J connectivity index is 1.46. The Morgan fingerprint density at radius 1 is 1.00 bits per heavy atom. The van der Waals surface area contributed by atoms with E-state index in [2.05, 4.69) is 36.5 Å². The molecule has 0 unspecified atom stereocenters. The van der Waals surface area contributed by atoms with Gasteiger partial charge in [-0.25, -0.2) is 0 Å². The molecule has 2 aromatic heterocycles. The van der Waals surface area contributed by atoms with Crippen LogP contribution >= 0.6 is 15.9 Å². The smallest absolute Gasteiger partial charge is 0.269 e. The average Bonchev–Trinajstić information content (AvgIpc) is 3.18. The molecule has 2 amide bonds. The van der Waals surface area contributed by atoms with Crippen LogP contribution in [-0.4, -0.2) is 28.8 Å². The van der Waals surface area contributed by atoms with E-state index in [4.69, 9.17) is 4.74 Å². The molecular formula is C22H17BrN4O3. The molecule has 3 N–H and O–H groups in total. The fourth-order valence-corrected chi connectivity index (χ4v) is 3.31. The molecule has 4 aromatic rings. The highest BCUT2D eigenvalue weighted by Gasteiger charge is 2.13. The number of carbonyl (C=O) groups excluding carboxylic acids is 2. The molecule has 2 heterocycles. The normalized spacial score (nSPS) is 10.6. The van der Waals surface area contributed by atoms with Gasteiger partial charge >= 0.3 is 0 Å². The molecule has 0 spiro atoms. The minimum absolute atomic E-state index is 0.211. The first-order chi connectivity index (χ1) is 14.5. The van der Waals surface area contributed by atoms with Crippen LogP contribution < -0.4 is 15.4 Å². The molecule has 7 nitrogen and oxygen atoms in total. The molecule has 0 fully saturated rings. The first-order valence-electron chi connectivity index (χ1n) is 9.07. The Labute approximate surface area is 180 Å². The van der Waals surface area contributed by atoms with Crippen molar-refractivity contribution >= 4 is 44.3 Å². The van der Waals surface area contributed by atoms with Gasteiger partial charge in [0.2, 0.25) is 0 Å². The molecule has 0 aliphatic heterocycles. The Hall–Kier alpha value is -3.65. The zero-order valence-corrected chi connectivity index (χ0v) is 17.5. The van der Waals surface area contributed by atoms with Crippen molar-refractivity contribution < 1.29 is 14.3 Å². The number of anilines is 1. The van der Waals surface area contributed by atoms with Crippen LogP contribution in [0.2, 0.25) is 0 Å². The van der Waals surface area contributed by atoms with Gasteiger partial charge in [0.1, 0.15) is 17.2 Å². The first-order valence-corrected chi connectivity index (χ1v) is 9.87. The fraction of sp³-hybridized carbons (Fsp3) is 0.0455. The van der Waals surface area contributed by atoms with Gasteiger partial charge in [-0.3, -0.25) is 14.6 Å². The quantitative estimate of drug-likeness (QED) is 0.397. The van der Waals surface area contributed by atoms with E-state index in [1.165, 1.54) is 6.20 Å². The van der Waals surface area contributed by atoms with E-state index >= 15 is 0 Å². The number of halogens is 1. The number of H-pyrrole nitrogens is 1. The van der Waals surface area contributed by atoms with E-state index in [0.29, 0.717) is 22.7 Å². The maximum Gasteiger partial charge on any atom is 0.269 e. The fourth-order valence-electron chi connectivity index (χ4n) is 2.95. The standard InChI is InChI=1S/C22H17BrN4O3/c1-24-22(29)20-11-16(8-9-25-20)30-15-5-3-14(4-6-15)27-21(28)18-12-26-19-7-2-13(23)10-17(18)19/h2-12,26H,1H3,(H,24,29)(H,27,28). The van der Waals surface area contributed by atoms with Gasteiger partial charge in [-0.05, 0) is 48.5 Å². The van der Waals surface area contributed by atoms with Crippen molar-refractivity contribution in [2.24, 2.45) is 0 Å². The maximum absolute atomic E-state index is 12.7. The zero-order valence-electron chi connectivity index (χ0n) is 15.9. The highest BCUT2D eigenvalue weighted by Crippen LogP contribution is 2.25. The summed E-state index contributed by atoms with van der Waals surface area (Å²) >= 11 is 3.43. The number of rotatable bonds is 5. The topological polar surface area (TPSA) is 96.1 Å². The number of nitrogens with one attached hydrogen (secondary N) is 3. The van der Waals surface area contributed by atoms with Crippen molar-refractivity contribution in [2.75, 3.05) is 12.4 Å². The van der Waals surface area contributed by atoms with Crippen LogP contribution in [0, 0.1) is 0 Å². The van der Waals surface area contributed by atoms with E-state index in [1.807, 2.05) is 18.2 Å². The number of carbonyl (C=O) groups is 2. The summed E-state index contributed by atoms with van der Waals surface area (Å²) in [6.07, 6.45) is 3.20. The summed E-state index contributed by atoms with van der Waals surface area (Å²) in [6, 6.07) is 15.9. The summed E-state index contributed by atoms with van der Waals surface area (Å²) in [5, 5.41) is 6.25. The summed E-state index contributed by atoms with van der Waals surface area (Å²) < 4.78 is 6.68. The van der Waals surface area contributed by atoms with Gasteiger partial charge < -0.3 is 20.4 Å². The Morgan fingerprint density at radius 3 is 2.57 bits per heavy atom. The van der Waals surface area contributed by atoms with Crippen LogP contribution in [0.15, 0.2) is 71.5 Å². The van der Waals surface area contributed by atoms with Gasteiger partial charge in [-0.2, -0.15) is 0 Å². The SMILES string of the molecule is CNC(=O)c1cc(Oc2ccc(NC(=O)c3c[nH]c4ccc(Br)cc34)cc2)ccn1. The number of ether oxygens (including phenoxy) is 1. The van der Waals surface area contributed by atoms with Crippen LogP contribution in [0.5, 0.6) is 11.5 Å². The molecule has 30 heavy (non-hydrogen) atoms. The van der Waals surface area contributed by atoms with Crippen molar-refractivity contribution in [3.8, 4) is 11.5 Å². The molecular weight excluding hydrogens is 448 g/mol. The predicted molar refractivity (Wildman–Crippen MR) is 118 cm³/mol. The van der Waals surface area contributed by atoms with E-state index in [1.54, 1.807) is 49.6 Å². The van der Waals surface area contributed by atoms with E-state index in [0.717, 1.165) is 15.4 Å². The number of aromatic amines is 1. The van der Waals surface area contributed by atoms with E-state index in [9.17, 15) is 9.59 Å². The lowest BCUT2D eigenvalue weighted by Gasteiger charge is -2.09. The van der Waals surface area contributed by atoms with Crippen LogP contribution in [0.25, 0.3) is 10.9 Å².